The lowest BCUT2D eigenvalue weighted by atomic mass is 9.59. The van der Waals surface area contributed by atoms with E-state index in [0.717, 1.165) is 18.4 Å². The number of benzene rings is 1. The molecule has 1 aliphatic carbocycles. The van der Waals surface area contributed by atoms with Crippen LogP contribution in [0.5, 0.6) is 0 Å². The largest absolute Gasteiger partial charge is 0.385 e. The standard InChI is InChI=1S/C19H31NO/c1-5-16-7-6-10-19(12-16,13-20)18(4,21)17-9-8-14(2)15(3)11-17/h8-9,11,16,21H,5-7,10,12-13,20H2,1-4H3. The Morgan fingerprint density at radius 1 is 1.33 bits per heavy atom. The minimum atomic E-state index is -0.853. The molecule has 2 rings (SSSR count). The lowest BCUT2D eigenvalue weighted by Crippen LogP contribution is -2.51. The summed E-state index contributed by atoms with van der Waals surface area (Å²) in [5, 5.41) is 11.4. The number of rotatable bonds is 4. The average Bonchev–Trinajstić information content (AvgIpc) is 2.49. The van der Waals surface area contributed by atoms with Gasteiger partial charge in [-0.2, -0.15) is 0 Å². The highest BCUT2D eigenvalue weighted by atomic mass is 16.3. The quantitative estimate of drug-likeness (QED) is 0.878. The molecule has 21 heavy (non-hydrogen) atoms. The molecular formula is C19H31NO. The van der Waals surface area contributed by atoms with Crippen LogP contribution in [0.3, 0.4) is 0 Å². The molecule has 0 spiro atoms. The molecule has 1 aliphatic rings. The van der Waals surface area contributed by atoms with E-state index >= 15 is 0 Å². The highest BCUT2D eigenvalue weighted by Gasteiger charge is 2.49. The van der Waals surface area contributed by atoms with Gasteiger partial charge in [-0.15, -0.1) is 0 Å². The topological polar surface area (TPSA) is 46.2 Å². The van der Waals surface area contributed by atoms with Crippen molar-refractivity contribution in [3.05, 3.63) is 34.9 Å². The van der Waals surface area contributed by atoms with Crippen molar-refractivity contribution in [3.8, 4) is 0 Å². The van der Waals surface area contributed by atoms with Gasteiger partial charge in [0.1, 0.15) is 0 Å². The summed E-state index contributed by atoms with van der Waals surface area (Å²) in [7, 11) is 0. The third-order valence-corrected chi connectivity index (χ3v) is 6.02. The van der Waals surface area contributed by atoms with Crippen molar-refractivity contribution in [2.24, 2.45) is 17.1 Å². The summed E-state index contributed by atoms with van der Waals surface area (Å²) in [6.45, 7) is 9.01. The molecule has 1 saturated carbocycles. The average molecular weight is 289 g/mol. The molecule has 0 saturated heterocycles. The van der Waals surface area contributed by atoms with Gasteiger partial charge in [-0.05, 0) is 56.2 Å². The maximum atomic E-state index is 11.4. The molecule has 1 aromatic rings. The second-order valence-corrected chi connectivity index (χ2v) is 7.23. The maximum Gasteiger partial charge on any atom is 0.0936 e. The molecule has 0 heterocycles. The van der Waals surface area contributed by atoms with Gasteiger partial charge >= 0.3 is 0 Å². The summed E-state index contributed by atoms with van der Waals surface area (Å²) >= 11 is 0. The molecule has 3 atom stereocenters. The Morgan fingerprint density at radius 3 is 2.62 bits per heavy atom. The molecule has 1 aromatic carbocycles. The fourth-order valence-electron chi connectivity index (χ4n) is 4.01. The van der Waals surface area contributed by atoms with Crippen LogP contribution in [0, 0.1) is 25.2 Å². The van der Waals surface area contributed by atoms with E-state index in [1.54, 1.807) is 0 Å². The number of aryl methyl sites for hydroxylation is 2. The first-order valence-electron chi connectivity index (χ1n) is 8.36. The first-order chi connectivity index (χ1) is 9.86. The predicted octanol–water partition coefficient (Wildman–Crippen LogP) is 4.06. The Hall–Kier alpha value is -0.860. The fraction of sp³-hybridized carbons (Fsp3) is 0.684. The molecule has 118 valence electrons. The summed E-state index contributed by atoms with van der Waals surface area (Å²) in [4.78, 5) is 0. The highest BCUT2D eigenvalue weighted by molar-refractivity contribution is 5.34. The minimum absolute atomic E-state index is 0.187. The summed E-state index contributed by atoms with van der Waals surface area (Å²) in [6.07, 6.45) is 5.71. The zero-order valence-corrected chi connectivity index (χ0v) is 14.1. The lowest BCUT2D eigenvalue weighted by molar-refractivity contribution is -0.102. The van der Waals surface area contributed by atoms with Crippen LogP contribution in [-0.4, -0.2) is 11.7 Å². The third kappa shape index (κ3) is 2.89. The van der Waals surface area contributed by atoms with E-state index in [1.165, 1.54) is 30.4 Å². The molecule has 0 amide bonds. The molecule has 2 heteroatoms. The maximum absolute atomic E-state index is 11.4. The van der Waals surface area contributed by atoms with Gasteiger partial charge in [0, 0.05) is 12.0 Å². The van der Waals surface area contributed by atoms with E-state index in [2.05, 4.69) is 39.0 Å². The zero-order valence-electron chi connectivity index (χ0n) is 14.1. The van der Waals surface area contributed by atoms with Gasteiger partial charge in [-0.1, -0.05) is 44.4 Å². The van der Waals surface area contributed by atoms with Crippen molar-refractivity contribution >= 4 is 0 Å². The summed E-state index contributed by atoms with van der Waals surface area (Å²) in [5.41, 5.74) is 8.68. The van der Waals surface area contributed by atoms with Gasteiger partial charge in [0.15, 0.2) is 0 Å². The lowest BCUT2D eigenvalue weighted by Gasteiger charge is -2.50. The Labute approximate surface area is 129 Å². The Bertz CT molecular complexity index is 494. The molecule has 0 aromatic heterocycles. The van der Waals surface area contributed by atoms with Crippen molar-refractivity contribution in [2.45, 2.75) is 65.4 Å². The highest BCUT2D eigenvalue weighted by Crippen LogP contribution is 2.51. The zero-order chi connectivity index (χ0) is 15.7. The van der Waals surface area contributed by atoms with E-state index < -0.39 is 5.60 Å². The Balaban J connectivity index is 2.40. The van der Waals surface area contributed by atoms with Crippen molar-refractivity contribution in [1.29, 1.82) is 0 Å². The summed E-state index contributed by atoms with van der Waals surface area (Å²) < 4.78 is 0. The molecule has 1 fully saturated rings. The van der Waals surface area contributed by atoms with E-state index in [-0.39, 0.29) is 5.41 Å². The minimum Gasteiger partial charge on any atom is -0.385 e. The van der Waals surface area contributed by atoms with Crippen LogP contribution >= 0.6 is 0 Å². The predicted molar refractivity (Wildman–Crippen MR) is 89.2 cm³/mol. The molecular weight excluding hydrogens is 258 g/mol. The van der Waals surface area contributed by atoms with Crippen LogP contribution in [0.15, 0.2) is 18.2 Å². The summed E-state index contributed by atoms with van der Waals surface area (Å²) in [5.74, 6) is 0.695. The van der Waals surface area contributed by atoms with Gasteiger partial charge in [0.25, 0.3) is 0 Å². The third-order valence-electron chi connectivity index (χ3n) is 6.02. The van der Waals surface area contributed by atoms with Gasteiger partial charge < -0.3 is 10.8 Å². The first-order valence-corrected chi connectivity index (χ1v) is 8.36. The van der Waals surface area contributed by atoms with Gasteiger partial charge in [-0.25, -0.2) is 0 Å². The van der Waals surface area contributed by atoms with E-state index in [0.29, 0.717) is 12.5 Å². The van der Waals surface area contributed by atoms with E-state index in [4.69, 9.17) is 5.73 Å². The molecule has 0 radical (unpaired) electrons. The van der Waals surface area contributed by atoms with Gasteiger partial charge in [0.2, 0.25) is 0 Å². The van der Waals surface area contributed by atoms with Crippen LogP contribution in [0.4, 0.5) is 0 Å². The number of hydrogen-bond donors (Lipinski definition) is 2. The Morgan fingerprint density at radius 2 is 2.05 bits per heavy atom. The molecule has 0 bridgehead atoms. The molecule has 0 aliphatic heterocycles. The van der Waals surface area contributed by atoms with Gasteiger partial charge in [-0.3, -0.25) is 0 Å². The first kappa shape index (κ1) is 16.5. The van der Waals surface area contributed by atoms with Crippen molar-refractivity contribution in [2.75, 3.05) is 6.54 Å². The second kappa shape index (κ2) is 6.10. The van der Waals surface area contributed by atoms with Crippen molar-refractivity contribution in [1.82, 2.24) is 0 Å². The van der Waals surface area contributed by atoms with Crippen LogP contribution in [0.1, 0.15) is 62.6 Å². The van der Waals surface area contributed by atoms with Gasteiger partial charge in [0.05, 0.1) is 5.60 Å². The van der Waals surface area contributed by atoms with E-state index in [1.807, 2.05) is 6.92 Å². The van der Waals surface area contributed by atoms with Crippen molar-refractivity contribution < 1.29 is 5.11 Å². The monoisotopic (exact) mass is 289 g/mol. The summed E-state index contributed by atoms with van der Waals surface area (Å²) in [6, 6.07) is 6.33. The molecule has 2 nitrogen and oxygen atoms in total. The fourth-order valence-corrected chi connectivity index (χ4v) is 4.01. The second-order valence-electron chi connectivity index (χ2n) is 7.23. The van der Waals surface area contributed by atoms with Crippen LogP contribution in [-0.2, 0) is 5.60 Å². The van der Waals surface area contributed by atoms with E-state index in [9.17, 15) is 5.11 Å². The Kier molecular flexibility index (Phi) is 4.79. The smallest absolute Gasteiger partial charge is 0.0936 e. The van der Waals surface area contributed by atoms with Crippen LogP contribution in [0.25, 0.3) is 0 Å². The van der Waals surface area contributed by atoms with Crippen LogP contribution < -0.4 is 5.73 Å². The SMILES string of the molecule is CCC1CCCC(CN)(C(C)(O)c2ccc(C)c(C)c2)C1. The van der Waals surface area contributed by atoms with Crippen molar-refractivity contribution in [3.63, 3.8) is 0 Å². The number of hydrogen-bond acceptors (Lipinski definition) is 2. The molecule has 3 N–H and O–H groups in total. The molecule has 3 unspecified atom stereocenters. The number of nitrogens with two attached hydrogens (primary N) is 1. The number of aliphatic hydroxyl groups is 1. The normalized spacial score (nSPS) is 29.1. The van der Waals surface area contributed by atoms with Crippen LogP contribution in [0.2, 0.25) is 0 Å².